The third kappa shape index (κ3) is 7.48. The molecule has 3 heterocycles. The minimum atomic E-state index is -0.330. The summed E-state index contributed by atoms with van der Waals surface area (Å²) in [5, 5.41) is 13.8. The molecule has 0 bridgehead atoms. The van der Waals surface area contributed by atoms with Gasteiger partial charge in [0.1, 0.15) is 11.6 Å². The quantitative estimate of drug-likeness (QED) is 0.169. The van der Waals surface area contributed by atoms with Crippen LogP contribution in [0.3, 0.4) is 0 Å². The zero-order valence-electron chi connectivity index (χ0n) is 39.1. The van der Waals surface area contributed by atoms with Crippen LogP contribution in [0, 0.1) is 6.07 Å². The number of benzene rings is 7. The second-order valence-corrected chi connectivity index (χ2v) is 21.4. The van der Waals surface area contributed by atoms with E-state index in [2.05, 4.69) is 218 Å². The van der Waals surface area contributed by atoms with E-state index in [0.717, 1.165) is 83.4 Å². The van der Waals surface area contributed by atoms with Crippen molar-refractivity contribution < 1.29 is 26.2 Å². The van der Waals surface area contributed by atoms with Crippen molar-refractivity contribution in [2.45, 2.75) is 71.6 Å². The Labute approximate surface area is 412 Å². The van der Waals surface area contributed by atoms with Gasteiger partial charge in [-0.05, 0) is 96.3 Å². The Morgan fingerprint density at radius 2 is 1.27 bits per heavy atom. The smallest absolute Gasteiger partial charge is 0.149 e. The Morgan fingerprint density at radius 3 is 1.91 bits per heavy atom. The molecule has 11 rings (SSSR count). The molecule has 0 unspecified atom stereocenters. The summed E-state index contributed by atoms with van der Waals surface area (Å²) in [5.74, 6) is 0.962. The fraction of sp³-hybridized carbons (Fsp3) is 0.180. The van der Waals surface area contributed by atoms with Crippen molar-refractivity contribution in [2.24, 2.45) is 0 Å². The number of hydrogen-bond donors (Lipinski definition) is 1. The van der Waals surface area contributed by atoms with Crippen molar-refractivity contribution in [3.05, 3.63) is 192 Å². The molecule has 0 amide bonds. The number of aromatic hydroxyl groups is 1. The van der Waals surface area contributed by atoms with Crippen molar-refractivity contribution in [1.29, 1.82) is 0 Å². The summed E-state index contributed by atoms with van der Waals surface area (Å²) in [7, 11) is 0. The molecule has 10 aromatic rings. The summed E-state index contributed by atoms with van der Waals surface area (Å²) in [6.07, 6.45) is 1.90. The van der Waals surface area contributed by atoms with Crippen LogP contribution in [0.2, 0.25) is 0 Å². The van der Waals surface area contributed by atoms with Gasteiger partial charge in [0.15, 0.2) is 0 Å². The molecule has 1 aliphatic carbocycles. The SMILES string of the molecule is CC(C)(C)c1cc(-c2nc3c4c5c(sc4ccc3n2-c2ccc(-c3ccccc3)cc2-c2ccccc2)C(C)(C)c2ccc(-c3cc(-c4ccccc4)ccn3)[c-]c2-5)c(O)c(C(C)(C)C)c1.[Pt]. The first kappa shape index (κ1) is 44.4. The summed E-state index contributed by atoms with van der Waals surface area (Å²) in [6, 6.07) is 60.0. The van der Waals surface area contributed by atoms with E-state index < -0.39 is 0 Å². The van der Waals surface area contributed by atoms with E-state index in [1.54, 1.807) is 0 Å². The molecular formula is C61H52N3OPtS-. The first-order valence-electron chi connectivity index (χ1n) is 22.9. The van der Waals surface area contributed by atoms with Crippen LogP contribution in [0.5, 0.6) is 5.75 Å². The van der Waals surface area contributed by atoms with Crippen LogP contribution in [0.4, 0.5) is 0 Å². The van der Waals surface area contributed by atoms with Gasteiger partial charge in [-0.3, -0.25) is 9.55 Å². The van der Waals surface area contributed by atoms with Gasteiger partial charge in [0.05, 0.1) is 22.3 Å². The van der Waals surface area contributed by atoms with Crippen LogP contribution in [0.15, 0.2) is 164 Å². The molecule has 0 radical (unpaired) electrons. The normalized spacial score (nSPS) is 13.1. The Morgan fingerprint density at radius 1 is 0.627 bits per heavy atom. The van der Waals surface area contributed by atoms with Crippen molar-refractivity contribution in [1.82, 2.24) is 14.5 Å². The molecule has 334 valence electrons. The van der Waals surface area contributed by atoms with Gasteiger partial charge >= 0.3 is 0 Å². The topological polar surface area (TPSA) is 50.9 Å². The summed E-state index contributed by atoms with van der Waals surface area (Å²) in [4.78, 5) is 12.0. The molecule has 0 saturated heterocycles. The van der Waals surface area contributed by atoms with E-state index in [-0.39, 0.29) is 43.1 Å². The van der Waals surface area contributed by atoms with E-state index in [1.807, 2.05) is 23.6 Å². The first-order valence-corrected chi connectivity index (χ1v) is 23.7. The zero-order chi connectivity index (χ0) is 45.7. The molecule has 0 atom stereocenters. The van der Waals surface area contributed by atoms with Crippen LogP contribution < -0.4 is 0 Å². The van der Waals surface area contributed by atoms with E-state index in [0.29, 0.717) is 11.4 Å². The van der Waals surface area contributed by atoms with E-state index in [9.17, 15) is 5.11 Å². The largest absolute Gasteiger partial charge is 0.507 e. The molecular weight excluding hydrogens is 1020 g/mol. The molecule has 0 spiro atoms. The number of nitrogens with zero attached hydrogens (tertiary/aromatic N) is 3. The number of rotatable bonds is 6. The molecule has 7 aromatic carbocycles. The van der Waals surface area contributed by atoms with Crippen molar-refractivity contribution in [2.75, 3.05) is 0 Å². The van der Waals surface area contributed by atoms with Gasteiger partial charge in [-0.15, -0.1) is 40.7 Å². The Hall–Kier alpha value is -6.39. The zero-order valence-corrected chi connectivity index (χ0v) is 42.2. The molecule has 67 heavy (non-hydrogen) atoms. The monoisotopic (exact) mass is 1070 g/mol. The molecule has 0 saturated carbocycles. The fourth-order valence-corrected chi connectivity index (χ4v) is 11.2. The van der Waals surface area contributed by atoms with Crippen LogP contribution in [-0.4, -0.2) is 19.6 Å². The van der Waals surface area contributed by atoms with Gasteiger partial charge in [-0.2, -0.15) is 0 Å². The number of hydrogen-bond acceptors (Lipinski definition) is 4. The summed E-state index contributed by atoms with van der Waals surface area (Å²) < 4.78 is 3.49. The number of imidazole rings is 1. The number of aromatic nitrogens is 3. The average molecular weight is 1070 g/mol. The summed E-state index contributed by atoms with van der Waals surface area (Å²) in [6.45, 7) is 17.9. The van der Waals surface area contributed by atoms with Gasteiger partial charge in [-0.25, -0.2) is 4.98 Å². The average Bonchev–Trinajstić information content (AvgIpc) is 3.97. The molecule has 6 heteroatoms. The maximum atomic E-state index is 12.6. The van der Waals surface area contributed by atoms with E-state index >= 15 is 0 Å². The molecule has 3 aromatic heterocycles. The standard InChI is InChI=1S/C61H52N3OS.Pt/c1-59(2,3)43-35-46(56(65)48(36-43)60(4,5)6)58-63-55-51(64(58)50-27-25-40(37-18-12-9-13-19-37)32-44(50)39-22-16-11-17-23-39)28-29-52-54(55)53-45-33-42(24-26-47(45)61(7,8)57(53)66-52)49-34-41(30-31-62-49)38-20-14-10-15-21-38;/h9-32,34-36,65H,1-8H3;/q-1;. The fourth-order valence-electron chi connectivity index (χ4n) is 9.90. The van der Waals surface area contributed by atoms with Crippen molar-refractivity contribution in [3.63, 3.8) is 0 Å². The van der Waals surface area contributed by atoms with E-state index in [4.69, 9.17) is 9.97 Å². The Bertz CT molecular complexity index is 3520. The number of phenolic OH excluding ortho intramolecular Hbond substituents is 1. The Balaban J connectivity index is 0.00000525. The maximum absolute atomic E-state index is 12.6. The van der Waals surface area contributed by atoms with Crippen LogP contribution in [0.25, 0.3) is 94.0 Å². The van der Waals surface area contributed by atoms with Crippen LogP contribution in [-0.2, 0) is 37.3 Å². The predicted octanol–water partition coefficient (Wildman–Crippen LogP) is 16.4. The second kappa shape index (κ2) is 16.4. The number of pyridine rings is 1. The second-order valence-electron chi connectivity index (χ2n) is 20.3. The van der Waals surface area contributed by atoms with Crippen LogP contribution >= 0.6 is 11.3 Å². The Kier molecular flexibility index (Phi) is 10.9. The van der Waals surface area contributed by atoms with Gasteiger partial charge in [-0.1, -0.05) is 176 Å². The minimum Gasteiger partial charge on any atom is -0.507 e. The van der Waals surface area contributed by atoms with Gasteiger partial charge < -0.3 is 5.11 Å². The van der Waals surface area contributed by atoms with E-state index in [1.165, 1.54) is 20.7 Å². The molecule has 4 nitrogen and oxygen atoms in total. The molecule has 1 N–H and O–H groups in total. The number of fused-ring (bicyclic) bond motifs is 7. The predicted molar refractivity (Wildman–Crippen MR) is 277 cm³/mol. The number of thiophene rings is 1. The first-order chi connectivity index (χ1) is 31.7. The van der Waals surface area contributed by atoms with Crippen molar-refractivity contribution >= 4 is 32.5 Å². The number of phenols is 1. The third-order valence-corrected chi connectivity index (χ3v) is 15.0. The molecule has 1 aliphatic rings. The van der Waals surface area contributed by atoms with Crippen molar-refractivity contribution in [3.8, 4) is 78.6 Å². The molecule has 0 aliphatic heterocycles. The summed E-state index contributed by atoms with van der Waals surface area (Å²) in [5.41, 5.74) is 16.9. The van der Waals surface area contributed by atoms with Crippen LogP contribution in [0.1, 0.15) is 77.0 Å². The minimum absolute atomic E-state index is 0. The van der Waals surface area contributed by atoms with Gasteiger partial charge in [0.25, 0.3) is 0 Å². The summed E-state index contributed by atoms with van der Waals surface area (Å²) >= 11 is 1.85. The van der Waals surface area contributed by atoms with Gasteiger partial charge in [0, 0.05) is 48.8 Å². The maximum Gasteiger partial charge on any atom is 0.149 e. The molecule has 0 fully saturated rings. The van der Waals surface area contributed by atoms with Gasteiger partial charge in [0.2, 0.25) is 0 Å². The third-order valence-electron chi connectivity index (χ3n) is 13.5.